The Kier molecular flexibility index (Phi) is 3.38. The Morgan fingerprint density at radius 1 is 1.32 bits per heavy atom. The van der Waals surface area contributed by atoms with Crippen LogP contribution in [-0.2, 0) is 0 Å². The molecule has 0 spiro atoms. The largest absolute Gasteiger partial charge is 0.334 e. The van der Waals surface area contributed by atoms with E-state index in [1.165, 1.54) is 0 Å². The fourth-order valence-electron chi connectivity index (χ4n) is 2.36. The molecule has 1 aromatic carbocycles. The van der Waals surface area contributed by atoms with Crippen LogP contribution in [0, 0.1) is 0 Å². The van der Waals surface area contributed by atoms with Crippen molar-refractivity contribution in [2.24, 2.45) is 0 Å². The molecule has 0 bridgehead atoms. The first-order chi connectivity index (χ1) is 9.31. The van der Waals surface area contributed by atoms with E-state index >= 15 is 0 Å². The zero-order valence-corrected chi connectivity index (χ0v) is 11.3. The van der Waals surface area contributed by atoms with Crippen LogP contribution in [0.15, 0.2) is 36.5 Å². The van der Waals surface area contributed by atoms with Crippen molar-refractivity contribution in [2.45, 2.75) is 18.9 Å². The van der Waals surface area contributed by atoms with Crippen LogP contribution in [0.1, 0.15) is 23.2 Å². The lowest BCUT2D eigenvalue weighted by Gasteiger charge is -2.21. The van der Waals surface area contributed by atoms with E-state index in [0.29, 0.717) is 24.0 Å². The summed E-state index contributed by atoms with van der Waals surface area (Å²) in [6.07, 6.45) is 3.89. The quantitative estimate of drug-likeness (QED) is 0.803. The zero-order chi connectivity index (χ0) is 13.2. The molecule has 0 radical (unpaired) electrons. The number of aromatic nitrogens is 1. The second-order valence-corrected chi connectivity index (χ2v) is 5.18. The second kappa shape index (κ2) is 5.17. The third kappa shape index (κ3) is 2.43. The molecule has 3 nitrogen and oxygen atoms in total. The molecule has 1 aromatic heterocycles. The molecule has 1 amide bonds. The van der Waals surface area contributed by atoms with Gasteiger partial charge in [-0.05, 0) is 25.0 Å². The number of benzene rings is 1. The summed E-state index contributed by atoms with van der Waals surface area (Å²) in [7, 11) is 0. The highest BCUT2D eigenvalue weighted by Crippen LogP contribution is 2.29. The van der Waals surface area contributed by atoms with Crippen LogP contribution in [0.25, 0.3) is 10.9 Å². The van der Waals surface area contributed by atoms with E-state index in [9.17, 15) is 4.79 Å². The number of hydrogen-bond acceptors (Lipinski definition) is 2. The molecule has 0 unspecified atom stereocenters. The van der Waals surface area contributed by atoms with Crippen LogP contribution >= 0.6 is 11.6 Å². The van der Waals surface area contributed by atoms with Crippen molar-refractivity contribution in [3.63, 3.8) is 0 Å². The molecule has 4 heteroatoms. The number of nitrogens with zero attached hydrogens (tertiary/aromatic N) is 2. The SMILES string of the molecule is O=C(c1cccc2cccnc12)N(CCCl)C1CC1. The average Bonchev–Trinajstić information content (AvgIpc) is 3.28. The molecule has 1 aliphatic carbocycles. The molecule has 0 N–H and O–H groups in total. The molecule has 0 atom stereocenters. The second-order valence-electron chi connectivity index (χ2n) is 4.80. The normalized spacial score (nSPS) is 14.6. The Labute approximate surface area is 117 Å². The Morgan fingerprint density at radius 2 is 2.11 bits per heavy atom. The summed E-state index contributed by atoms with van der Waals surface area (Å²) in [6.45, 7) is 0.605. The fraction of sp³-hybridized carbons (Fsp3) is 0.333. The van der Waals surface area contributed by atoms with Crippen molar-refractivity contribution in [3.8, 4) is 0 Å². The topological polar surface area (TPSA) is 33.2 Å². The minimum atomic E-state index is 0.0486. The molecule has 1 fully saturated rings. The molecule has 1 aliphatic rings. The maximum atomic E-state index is 12.7. The van der Waals surface area contributed by atoms with Crippen LogP contribution in [-0.4, -0.2) is 34.3 Å². The van der Waals surface area contributed by atoms with E-state index in [4.69, 9.17) is 11.6 Å². The van der Waals surface area contributed by atoms with Crippen molar-refractivity contribution in [1.29, 1.82) is 0 Å². The Bertz CT molecular complexity index is 605. The number of fused-ring (bicyclic) bond motifs is 1. The van der Waals surface area contributed by atoms with E-state index in [0.717, 1.165) is 23.7 Å². The molecule has 19 heavy (non-hydrogen) atoms. The van der Waals surface area contributed by atoms with Gasteiger partial charge in [-0.3, -0.25) is 9.78 Å². The van der Waals surface area contributed by atoms with Gasteiger partial charge in [0.2, 0.25) is 0 Å². The molecule has 2 aromatic rings. The molecule has 0 saturated heterocycles. The van der Waals surface area contributed by atoms with Crippen LogP contribution in [0.5, 0.6) is 0 Å². The number of carbonyl (C=O) groups is 1. The van der Waals surface area contributed by atoms with Crippen LogP contribution in [0.4, 0.5) is 0 Å². The van der Waals surface area contributed by atoms with Crippen LogP contribution in [0.2, 0.25) is 0 Å². The summed E-state index contributed by atoms with van der Waals surface area (Å²) in [5.74, 6) is 0.521. The van der Waals surface area contributed by atoms with E-state index in [1.54, 1.807) is 6.20 Å². The van der Waals surface area contributed by atoms with Crippen molar-refractivity contribution in [2.75, 3.05) is 12.4 Å². The first-order valence-corrected chi connectivity index (χ1v) is 7.05. The summed E-state index contributed by atoms with van der Waals surface area (Å²) in [5.41, 5.74) is 1.45. The van der Waals surface area contributed by atoms with Gasteiger partial charge in [-0.1, -0.05) is 18.2 Å². The standard InChI is InChI=1S/C15H15ClN2O/c16-8-10-18(12-6-7-12)15(19)13-5-1-3-11-4-2-9-17-14(11)13/h1-5,9,12H,6-8,10H2. The van der Waals surface area contributed by atoms with Gasteiger partial charge in [-0.15, -0.1) is 11.6 Å². The van der Waals surface area contributed by atoms with Crippen molar-refractivity contribution >= 4 is 28.4 Å². The molecule has 1 heterocycles. The summed E-state index contributed by atoms with van der Waals surface area (Å²) in [4.78, 5) is 18.9. The zero-order valence-electron chi connectivity index (χ0n) is 10.6. The van der Waals surface area contributed by atoms with Crippen molar-refractivity contribution in [3.05, 3.63) is 42.1 Å². The summed E-state index contributed by atoms with van der Waals surface area (Å²) >= 11 is 5.81. The average molecular weight is 275 g/mol. The van der Waals surface area contributed by atoms with Gasteiger partial charge in [0.1, 0.15) is 0 Å². The number of pyridine rings is 1. The molecular formula is C15H15ClN2O. The van der Waals surface area contributed by atoms with E-state index in [2.05, 4.69) is 4.98 Å². The van der Waals surface area contributed by atoms with E-state index in [1.807, 2.05) is 35.2 Å². The predicted molar refractivity (Wildman–Crippen MR) is 76.5 cm³/mol. The highest BCUT2D eigenvalue weighted by atomic mass is 35.5. The van der Waals surface area contributed by atoms with Gasteiger partial charge in [0.05, 0.1) is 11.1 Å². The minimum absolute atomic E-state index is 0.0486. The number of rotatable bonds is 4. The first-order valence-electron chi connectivity index (χ1n) is 6.52. The van der Waals surface area contributed by atoms with Gasteiger partial charge < -0.3 is 4.90 Å². The smallest absolute Gasteiger partial charge is 0.256 e. The maximum absolute atomic E-state index is 12.7. The third-order valence-electron chi connectivity index (χ3n) is 3.44. The van der Waals surface area contributed by atoms with Gasteiger partial charge in [0.25, 0.3) is 5.91 Å². The van der Waals surface area contributed by atoms with Gasteiger partial charge in [0, 0.05) is 30.0 Å². The molecule has 98 valence electrons. The number of para-hydroxylation sites is 1. The van der Waals surface area contributed by atoms with Gasteiger partial charge in [0.15, 0.2) is 0 Å². The predicted octanol–water partition coefficient (Wildman–Crippen LogP) is 3.08. The Morgan fingerprint density at radius 3 is 2.84 bits per heavy atom. The highest BCUT2D eigenvalue weighted by Gasteiger charge is 2.33. The van der Waals surface area contributed by atoms with Crippen LogP contribution < -0.4 is 0 Å². The van der Waals surface area contributed by atoms with Crippen molar-refractivity contribution < 1.29 is 4.79 Å². The molecule has 0 aliphatic heterocycles. The Hall–Kier alpha value is -1.61. The van der Waals surface area contributed by atoms with Gasteiger partial charge in [-0.25, -0.2) is 0 Å². The maximum Gasteiger partial charge on any atom is 0.256 e. The van der Waals surface area contributed by atoms with E-state index < -0.39 is 0 Å². The summed E-state index contributed by atoms with van der Waals surface area (Å²) in [6, 6.07) is 9.95. The third-order valence-corrected chi connectivity index (χ3v) is 3.61. The molecule has 3 rings (SSSR count). The number of amides is 1. The minimum Gasteiger partial charge on any atom is -0.334 e. The van der Waals surface area contributed by atoms with Crippen molar-refractivity contribution in [1.82, 2.24) is 9.88 Å². The monoisotopic (exact) mass is 274 g/mol. The fourth-order valence-corrected chi connectivity index (χ4v) is 2.54. The Balaban J connectivity index is 2.00. The van der Waals surface area contributed by atoms with Gasteiger partial charge >= 0.3 is 0 Å². The summed E-state index contributed by atoms with van der Waals surface area (Å²) in [5, 5.41) is 0.995. The number of halogens is 1. The first kappa shape index (κ1) is 12.4. The lowest BCUT2D eigenvalue weighted by Crippen LogP contribution is -2.34. The number of alkyl halides is 1. The van der Waals surface area contributed by atoms with Crippen LogP contribution in [0.3, 0.4) is 0 Å². The number of carbonyl (C=O) groups excluding carboxylic acids is 1. The molecule has 1 saturated carbocycles. The lowest BCUT2D eigenvalue weighted by molar-refractivity contribution is 0.0755. The van der Waals surface area contributed by atoms with E-state index in [-0.39, 0.29) is 5.91 Å². The summed E-state index contributed by atoms with van der Waals surface area (Å²) < 4.78 is 0. The van der Waals surface area contributed by atoms with Gasteiger partial charge in [-0.2, -0.15) is 0 Å². The molecular weight excluding hydrogens is 260 g/mol. The lowest BCUT2D eigenvalue weighted by atomic mass is 10.1. The number of hydrogen-bond donors (Lipinski definition) is 0. The highest BCUT2D eigenvalue weighted by molar-refractivity contribution is 6.18.